The number of aromatic nitrogens is 2. The van der Waals surface area contributed by atoms with Gasteiger partial charge in [0, 0.05) is 12.1 Å². The Morgan fingerprint density at radius 3 is 2.57 bits per heavy atom. The number of amides is 1. The second-order valence-electron chi connectivity index (χ2n) is 5.52. The van der Waals surface area contributed by atoms with E-state index in [4.69, 9.17) is 0 Å². The summed E-state index contributed by atoms with van der Waals surface area (Å²) in [5.74, 6) is -0.494. The molecule has 2 aromatic rings. The van der Waals surface area contributed by atoms with Crippen LogP contribution in [-0.4, -0.2) is 33.9 Å². The van der Waals surface area contributed by atoms with Gasteiger partial charge in [0.05, 0.1) is 23.6 Å². The smallest absolute Gasteiger partial charge is 0.255 e. The molecule has 0 saturated heterocycles. The molecule has 124 valence electrons. The van der Waals surface area contributed by atoms with E-state index in [9.17, 15) is 14.3 Å². The van der Waals surface area contributed by atoms with Crippen molar-refractivity contribution in [2.45, 2.75) is 32.8 Å². The van der Waals surface area contributed by atoms with Crippen LogP contribution in [0.4, 0.5) is 4.39 Å². The molecule has 2 rings (SSSR count). The van der Waals surface area contributed by atoms with Crippen molar-refractivity contribution in [2.75, 3.05) is 6.54 Å². The molecule has 0 radical (unpaired) electrons. The minimum Gasteiger partial charge on any atom is -0.391 e. The van der Waals surface area contributed by atoms with Crippen LogP contribution in [-0.2, 0) is 0 Å². The second kappa shape index (κ2) is 7.87. The summed E-state index contributed by atoms with van der Waals surface area (Å²) in [6.07, 6.45) is 2.58. The van der Waals surface area contributed by atoms with Gasteiger partial charge in [0.1, 0.15) is 5.82 Å². The van der Waals surface area contributed by atoms with Crippen LogP contribution in [0.5, 0.6) is 0 Å². The fourth-order valence-corrected chi connectivity index (χ4v) is 2.59. The SMILES string of the molecule is CCC(CC)C(O)CNC(=O)c1cn[nH]c1-c1ccc(F)cc1. The maximum Gasteiger partial charge on any atom is 0.255 e. The number of H-pyrrole nitrogens is 1. The maximum atomic E-state index is 13.0. The highest BCUT2D eigenvalue weighted by atomic mass is 19.1. The van der Waals surface area contributed by atoms with Crippen molar-refractivity contribution in [1.82, 2.24) is 15.5 Å². The van der Waals surface area contributed by atoms with Crippen molar-refractivity contribution in [1.29, 1.82) is 0 Å². The van der Waals surface area contributed by atoms with Crippen LogP contribution in [0, 0.1) is 11.7 Å². The Morgan fingerprint density at radius 2 is 1.96 bits per heavy atom. The summed E-state index contributed by atoms with van der Waals surface area (Å²) < 4.78 is 13.0. The maximum absolute atomic E-state index is 13.0. The van der Waals surface area contributed by atoms with Crippen LogP contribution in [0.3, 0.4) is 0 Å². The molecule has 1 amide bonds. The van der Waals surface area contributed by atoms with Crippen LogP contribution in [0.1, 0.15) is 37.0 Å². The van der Waals surface area contributed by atoms with Gasteiger partial charge >= 0.3 is 0 Å². The molecule has 0 aliphatic rings. The monoisotopic (exact) mass is 319 g/mol. The third-order valence-electron chi connectivity index (χ3n) is 4.08. The van der Waals surface area contributed by atoms with E-state index in [1.165, 1.54) is 18.3 Å². The number of carbonyl (C=O) groups excluding carboxylic acids is 1. The molecule has 1 atom stereocenters. The van der Waals surface area contributed by atoms with Gasteiger partial charge in [-0.05, 0) is 30.2 Å². The van der Waals surface area contributed by atoms with E-state index in [1.807, 2.05) is 13.8 Å². The lowest BCUT2D eigenvalue weighted by Gasteiger charge is -2.20. The van der Waals surface area contributed by atoms with E-state index in [2.05, 4.69) is 15.5 Å². The standard InChI is InChI=1S/C17H22FN3O2/c1-3-11(4-2)15(22)10-19-17(23)14-9-20-21-16(14)12-5-7-13(18)8-6-12/h5-9,11,15,22H,3-4,10H2,1-2H3,(H,19,23)(H,20,21). The Balaban J connectivity index is 2.06. The fraction of sp³-hybridized carbons (Fsp3) is 0.412. The van der Waals surface area contributed by atoms with Crippen LogP contribution < -0.4 is 5.32 Å². The first-order chi connectivity index (χ1) is 11.1. The quantitative estimate of drug-likeness (QED) is 0.734. The molecule has 1 heterocycles. The van der Waals surface area contributed by atoms with Gasteiger partial charge in [-0.25, -0.2) is 4.39 Å². The second-order valence-corrected chi connectivity index (χ2v) is 5.52. The number of nitrogens with one attached hydrogen (secondary N) is 2. The first kappa shape index (κ1) is 17.1. The van der Waals surface area contributed by atoms with Gasteiger partial charge < -0.3 is 10.4 Å². The molecule has 0 saturated carbocycles. The van der Waals surface area contributed by atoms with Crippen LogP contribution in [0.15, 0.2) is 30.5 Å². The molecule has 23 heavy (non-hydrogen) atoms. The summed E-state index contributed by atoms with van der Waals surface area (Å²) in [7, 11) is 0. The highest BCUT2D eigenvalue weighted by molar-refractivity contribution is 5.99. The Kier molecular flexibility index (Phi) is 5.87. The summed E-state index contributed by atoms with van der Waals surface area (Å²) in [5, 5.41) is 19.5. The molecule has 3 N–H and O–H groups in total. The Hall–Kier alpha value is -2.21. The van der Waals surface area contributed by atoms with E-state index >= 15 is 0 Å². The number of aromatic amines is 1. The number of benzene rings is 1. The van der Waals surface area contributed by atoms with Crippen LogP contribution in [0.25, 0.3) is 11.3 Å². The number of nitrogens with zero attached hydrogens (tertiary/aromatic N) is 1. The lowest BCUT2D eigenvalue weighted by atomic mass is 9.96. The predicted octanol–water partition coefficient (Wildman–Crippen LogP) is 2.74. The number of aliphatic hydroxyl groups excluding tert-OH is 1. The number of carbonyl (C=O) groups is 1. The first-order valence-electron chi connectivity index (χ1n) is 7.82. The normalized spacial score (nSPS) is 12.4. The van der Waals surface area contributed by atoms with E-state index < -0.39 is 6.10 Å². The van der Waals surface area contributed by atoms with Crippen LogP contribution in [0.2, 0.25) is 0 Å². The zero-order valence-corrected chi connectivity index (χ0v) is 13.3. The number of rotatable bonds is 7. The van der Waals surface area contributed by atoms with Gasteiger partial charge in [-0.2, -0.15) is 5.10 Å². The van der Waals surface area contributed by atoms with Crippen molar-refractivity contribution >= 4 is 5.91 Å². The zero-order chi connectivity index (χ0) is 16.8. The van der Waals surface area contributed by atoms with E-state index in [-0.39, 0.29) is 24.2 Å². The van der Waals surface area contributed by atoms with Crippen molar-refractivity contribution in [3.05, 3.63) is 41.8 Å². The molecule has 0 aliphatic carbocycles. The van der Waals surface area contributed by atoms with Gasteiger partial charge in [0.15, 0.2) is 0 Å². The minimum atomic E-state index is -0.574. The number of aliphatic hydroxyl groups is 1. The first-order valence-corrected chi connectivity index (χ1v) is 7.82. The lowest BCUT2D eigenvalue weighted by molar-refractivity contribution is 0.0817. The molecule has 1 aromatic carbocycles. The summed E-state index contributed by atoms with van der Waals surface area (Å²) in [6.45, 7) is 4.23. The van der Waals surface area contributed by atoms with Gasteiger partial charge in [-0.3, -0.25) is 9.89 Å². The molecule has 0 spiro atoms. The van der Waals surface area contributed by atoms with Gasteiger partial charge in [-0.1, -0.05) is 26.7 Å². The molecule has 0 bridgehead atoms. The molecule has 1 unspecified atom stereocenters. The van der Waals surface area contributed by atoms with E-state index in [1.54, 1.807) is 12.1 Å². The van der Waals surface area contributed by atoms with Crippen LogP contribution >= 0.6 is 0 Å². The summed E-state index contributed by atoms with van der Waals surface area (Å²) >= 11 is 0. The number of hydrogen-bond acceptors (Lipinski definition) is 3. The average Bonchev–Trinajstić information content (AvgIpc) is 3.04. The van der Waals surface area contributed by atoms with Gasteiger partial charge in [-0.15, -0.1) is 0 Å². The summed E-state index contributed by atoms with van der Waals surface area (Å²) in [4.78, 5) is 12.3. The van der Waals surface area contributed by atoms with Gasteiger partial charge in [0.2, 0.25) is 0 Å². The number of hydrogen-bond donors (Lipinski definition) is 3. The molecule has 0 aliphatic heterocycles. The molecule has 5 nitrogen and oxygen atoms in total. The highest BCUT2D eigenvalue weighted by Gasteiger charge is 2.19. The van der Waals surface area contributed by atoms with E-state index in [0.29, 0.717) is 16.8 Å². The van der Waals surface area contributed by atoms with Crippen molar-refractivity contribution in [3.8, 4) is 11.3 Å². The molecule has 6 heteroatoms. The molecule has 1 aromatic heterocycles. The predicted molar refractivity (Wildman–Crippen MR) is 86.4 cm³/mol. The zero-order valence-electron chi connectivity index (χ0n) is 13.3. The Bertz CT molecular complexity index is 636. The third-order valence-corrected chi connectivity index (χ3v) is 4.08. The minimum absolute atomic E-state index is 0.163. The third kappa shape index (κ3) is 4.16. The Morgan fingerprint density at radius 1 is 1.30 bits per heavy atom. The molecular formula is C17H22FN3O2. The summed E-state index contributed by atoms with van der Waals surface area (Å²) in [6, 6.07) is 5.82. The highest BCUT2D eigenvalue weighted by Crippen LogP contribution is 2.21. The Labute approximate surface area is 134 Å². The van der Waals surface area contributed by atoms with Crippen molar-refractivity contribution in [2.24, 2.45) is 5.92 Å². The van der Waals surface area contributed by atoms with Crippen molar-refractivity contribution in [3.63, 3.8) is 0 Å². The number of halogens is 1. The largest absolute Gasteiger partial charge is 0.391 e. The molecule has 0 fully saturated rings. The lowest BCUT2D eigenvalue weighted by Crippen LogP contribution is -2.36. The average molecular weight is 319 g/mol. The van der Waals surface area contributed by atoms with Gasteiger partial charge in [0.25, 0.3) is 5.91 Å². The van der Waals surface area contributed by atoms with Crippen molar-refractivity contribution < 1.29 is 14.3 Å². The summed E-state index contributed by atoms with van der Waals surface area (Å²) in [5.41, 5.74) is 1.57. The molecular weight excluding hydrogens is 297 g/mol. The fourth-order valence-electron chi connectivity index (χ4n) is 2.59. The van der Waals surface area contributed by atoms with E-state index in [0.717, 1.165) is 12.8 Å². The topological polar surface area (TPSA) is 78.0 Å².